The monoisotopic (exact) mass is 486 g/mol. The van der Waals surface area contributed by atoms with E-state index in [2.05, 4.69) is 10.6 Å². The van der Waals surface area contributed by atoms with E-state index in [0.717, 1.165) is 33.9 Å². The number of ketones is 1. The van der Waals surface area contributed by atoms with Gasteiger partial charge >= 0.3 is 0 Å². The first kappa shape index (κ1) is 23.6. The van der Waals surface area contributed by atoms with Gasteiger partial charge in [0.1, 0.15) is 5.75 Å². The Kier molecular flexibility index (Phi) is 6.46. The number of carbonyl (C=O) groups is 1. The topological polar surface area (TPSA) is 78.1 Å². The predicted molar refractivity (Wildman–Crippen MR) is 140 cm³/mol. The van der Waals surface area contributed by atoms with Crippen LogP contribution in [0.4, 0.5) is 11.4 Å². The smallest absolute Gasteiger partial charge is 0.203 e. The molecule has 0 amide bonds. The highest BCUT2D eigenvalue weighted by Crippen LogP contribution is 2.49. The van der Waals surface area contributed by atoms with Crippen LogP contribution in [0.25, 0.3) is 0 Å². The molecule has 0 saturated heterocycles. The fourth-order valence-electron chi connectivity index (χ4n) is 5.19. The van der Waals surface area contributed by atoms with Crippen molar-refractivity contribution in [3.63, 3.8) is 0 Å². The molecule has 0 unspecified atom stereocenters. The zero-order valence-electron chi connectivity index (χ0n) is 20.9. The molecule has 0 saturated carbocycles. The summed E-state index contributed by atoms with van der Waals surface area (Å²) < 4.78 is 22.2. The van der Waals surface area contributed by atoms with Gasteiger partial charge in [0.05, 0.1) is 45.9 Å². The van der Waals surface area contributed by atoms with E-state index in [1.165, 1.54) is 0 Å². The van der Waals surface area contributed by atoms with Crippen LogP contribution in [0.15, 0.2) is 71.9 Å². The van der Waals surface area contributed by atoms with Crippen LogP contribution in [0.2, 0.25) is 0 Å². The molecule has 36 heavy (non-hydrogen) atoms. The highest BCUT2D eigenvalue weighted by atomic mass is 16.5. The molecule has 1 aliphatic carbocycles. The zero-order chi connectivity index (χ0) is 25.2. The van der Waals surface area contributed by atoms with E-state index in [-0.39, 0.29) is 11.7 Å². The normalized spacial score (nSPS) is 18.7. The minimum absolute atomic E-state index is 0.0628. The molecule has 3 aromatic carbocycles. The summed E-state index contributed by atoms with van der Waals surface area (Å²) in [4.78, 5) is 13.8. The first-order chi connectivity index (χ1) is 17.6. The molecule has 7 heteroatoms. The Morgan fingerprint density at radius 3 is 2.14 bits per heavy atom. The second-order valence-corrected chi connectivity index (χ2v) is 8.87. The van der Waals surface area contributed by atoms with Crippen LogP contribution >= 0.6 is 0 Å². The average molecular weight is 487 g/mol. The number of nitrogens with one attached hydrogen (secondary N) is 2. The number of methoxy groups -OCH3 is 4. The van der Waals surface area contributed by atoms with E-state index >= 15 is 0 Å². The van der Waals surface area contributed by atoms with Crippen molar-refractivity contribution >= 4 is 17.2 Å². The first-order valence-corrected chi connectivity index (χ1v) is 11.9. The number of rotatable bonds is 6. The van der Waals surface area contributed by atoms with Crippen molar-refractivity contribution in [1.82, 2.24) is 0 Å². The molecule has 0 bridgehead atoms. The maximum atomic E-state index is 13.8. The number of ether oxygens (including phenoxy) is 4. The van der Waals surface area contributed by atoms with Gasteiger partial charge in [0.25, 0.3) is 0 Å². The van der Waals surface area contributed by atoms with Gasteiger partial charge in [-0.15, -0.1) is 0 Å². The SMILES string of the molecule is COc1ccc([C@@H]2CC(=O)C3=C(C2)Nc2ccccc2N[C@H]3c2ccc(OC)c(OC)c2OC)cc1. The van der Waals surface area contributed by atoms with Crippen LogP contribution in [-0.2, 0) is 4.79 Å². The Morgan fingerprint density at radius 1 is 0.750 bits per heavy atom. The highest BCUT2D eigenvalue weighted by molar-refractivity contribution is 6.01. The second kappa shape index (κ2) is 9.85. The van der Waals surface area contributed by atoms with E-state index in [0.29, 0.717) is 35.7 Å². The van der Waals surface area contributed by atoms with Crippen LogP contribution < -0.4 is 29.6 Å². The van der Waals surface area contributed by atoms with Gasteiger partial charge in [-0.1, -0.05) is 24.3 Å². The van der Waals surface area contributed by atoms with Gasteiger partial charge in [0.15, 0.2) is 17.3 Å². The van der Waals surface area contributed by atoms with E-state index in [9.17, 15) is 4.79 Å². The third-order valence-electron chi connectivity index (χ3n) is 6.94. The van der Waals surface area contributed by atoms with Gasteiger partial charge < -0.3 is 29.6 Å². The Bertz CT molecular complexity index is 1320. The number of anilines is 2. The summed E-state index contributed by atoms with van der Waals surface area (Å²) in [5, 5.41) is 7.18. The van der Waals surface area contributed by atoms with Gasteiger partial charge in [-0.25, -0.2) is 0 Å². The maximum Gasteiger partial charge on any atom is 0.203 e. The number of fused-ring (bicyclic) bond motifs is 1. The number of carbonyl (C=O) groups excluding carboxylic acids is 1. The van der Waals surface area contributed by atoms with Crippen LogP contribution in [0.5, 0.6) is 23.0 Å². The molecule has 1 heterocycles. The summed E-state index contributed by atoms with van der Waals surface area (Å²) in [5.41, 5.74) is 5.37. The first-order valence-electron chi connectivity index (χ1n) is 11.9. The summed E-state index contributed by atoms with van der Waals surface area (Å²) in [7, 11) is 6.42. The fraction of sp³-hybridized carbons (Fsp3) is 0.276. The molecule has 0 fully saturated rings. The molecule has 0 aromatic heterocycles. The largest absolute Gasteiger partial charge is 0.497 e. The molecule has 2 N–H and O–H groups in total. The van der Waals surface area contributed by atoms with Gasteiger partial charge in [-0.2, -0.15) is 0 Å². The van der Waals surface area contributed by atoms with Crippen molar-refractivity contribution in [3.05, 3.63) is 83.1 Å². The molecular formula is C29H30N2O5. The Labute approximate surface area is 211 Å². The van der Waals surface area contributed by atoms with Gasteiger partial charge in [0, 0.05) is 23.3 Å². The summed E-state index contributed by atoms with van der Waals surface area (Å²) in [5.74, 6) is 2.54. The predicted octanol–water partition coefficient (Wildman–Crippen LogP) is 5.70. The lowest BCUT2D eigenvalue weighted by atomic mass is 9.78. The van der Waals surface area contributed by atoms with E-state index in [1.54, 1.807) is 28.4 Å². The summed E-state index contributed by atoms with van der Waals surface area (Å²) in [6.45, 7) is 0. The maximum absolute atomic E-state index is 13.8. The lowest BCUT2D eigenvalue weighted by molar-refractivity contribution is -0.116. The molecule has 7 nitrogen and oxygen atoms in total. The van der Waals surface area contributed by atoms with Crippen molar-refractivity contribution in [3.8, 4) is 23.0 Å². The molecule has 186 valence electrons. The molecule has 3 aromatic rings. The zero-order valence-corrected chi connectivity index (χ0v) is 20.9. The summed E-state index contributed by atoms with van der Waals surface area (Å²) in [6.07, 6.45) is 1.12. The van der Waals surface area contributed by atoms with E-state index in [4.69, 9.17) is 18.9 Å². The van der Waals surface area contributed by atoms with Crippen LogP contribution in [0, 0.1) is 0 Å². The van der Waals surface area contributed by atoms with Crippen molar-refractivity contribution in [2.24, 2.45) is 0 Å². The highest BCUT2D eigenvalue weighted by Gasteiger charge is 2.38. The van der Waals surface area contributed by atoms with Gasteiger partial charge in [-0.05, 0) is 54.3 Å². The lowest BCUT2D eigenvalue weighted by Gasteiger charge is -2.31. The minimum atomic E-state index is -0.435. The molecular weight excluding hydrogens is 456 g/mol. The van der Waals surface area contributed by atoms with Crippen molar-refractivity contribution in [1.29, 1.82) is 0 Å². The molecule has 2 atom stereocenters. The number of hydrogen-bond acceptors (Lipinski definition) is 7. The number of Topliss-reactive ketones (excluding diaryl/α,β-unsaturated/α-hetero) is 1. The quantitative estimate of drug-likeness (QED) is 0.463. The number of hydrogen-bond donors (Lipinski definition) is 2. The van der Waals surface area contributed by atoms with Gasteiger partial charge in [-0.3, -0.25) is 4.79 Å². The molecule has 1 aliphatic heterocycles. The second-order valence-electron chi connectivity index (χ2n) is 8.87. The third-order valence-corrected chi connectivity index (χ3v) is 6.94. The molecule has 0 spiro atoms. The standard InChI is InChI=1S/C29H30N2O5/c1-33-19-11-9-17(10-12-19)18-15-23-26(24(32)16-18)27(31-22-8-6-5-7-21(22)30-23)20-13-14-25(34-2)29(36-4)28(20)35-3/h5-14,18,27,30-31H,15-16H2,1-4H3/t18-,27-/m0/s1. The van der Waals surface area contributed by atoms with Crippen LogP contribution in [-0.4, -0.2) is 34.2 Å². The number of benzene rings is 3. The van der Waals surface area contributed by atoms with Crippen molar-refractivity contribution in [2.75, 3.05) is 39.1 Å². The average Bonchev–Trinajstić information content (AvgIpc) is 3.09. The Morgan fingerprint density at radius 2 is 1.47 bits per heavy atom. The number of para-hydroxylation sites is 2. The number of allylic oxidation sites excluding steroid dienone is 1. The van der Waals surface area contributed by atoms with Crippen LogP contribution in [0.3, 0.4) is 0 Å². The molecule has 5 rings (SSSR count). The van der Waals surface area contributed by atoms with E-state index < -0.39 is 6.04 Å². The Balaban J connectivity index is 1.64. The van der Waals surface area contributed by atoms with E-state index in [1.807, 2.05) is 60.7 Å². The lowest BCUT2D eigenvalue weighted by Crippen LogP contribution is -2.27. The van der Waals surface area contributed by atoms with Crippen molar-refractivity contribution in [2.45, 2.75) is 24.8 Å². The van der Waals surface area contributed by atoms with Crippen molar-refractivity contribution < 1.29 is 23.7 Å². The van der Waals surface area contributed by atoms with Gasteiger partial charge in [0.2, 0.25) is 5.75 Å². The fourth-order valence-corrected chi connectivity index (χ4v) is 5.19. The summed E-state index contributed by atoms with van der Waals surface area (Å²) in [6, 6.07) is 19.3. The molecule has 0 radical (unpaired) electrons. The third kappa shape index (κ3) is 4.11. The summed E-state index contributed by atoms with van der Waals surface area (Å²) >= 11 is 0. The van der Waals surface area contributed by atoms with Crippen LogP contribution in [0.1, 0.15) is 35.9 Å². The molecule has 2 aliphatic rings. The minimum Gasteiger partial charge on any atom is -0.497 e. The Hall–Kier alpha value is -4.13.